The van der Waals surface area contributed by atoms with Gasteiger partial charge in [0.15, 0.2) is 0 Å². The summed E-state index contributed by atoms with van der Waals surface area (Å²) in [4.78, 5) is 9.08. The molecule has 0 bridgehead atoms. The van der Waals surface area contributed by atoms with Crippen molar-refractivity contribution in [3.05, 3.63) is 39.9 Å². The van der Waals surface area contributed by atoms with Crippen LogP contribution in [0.3, 0.4) is 0 Å². The van der Waals surface area contributed by atoms with E-state index in [1.54, 1.807) is 11.3 Å². The lowest BCUT2D eigenvalue weighted by atomic mass is 10.1. The average Bonchev–Trinajstić information content (AvgIpc) is 3.23. The summed E-state index contributed by atoms with van der Waals surface area (Å²) >= 11 is 1.65. The highest BCUT2D eigenvalue weighted by molar-refractivity contribution is 7.08. The number of aryl methyl sites for hydroxylation is 3. The maximum atomic E-state index is 5.79. The molecule has 0 fully saturated rings. The van der Waals surface area contributed by atoms with Gasteiger partial charge in [0.05, 0.1) is 12.2 Å². The first-order chi connectivity index (χ1) is 11.2. The summed E-state index contributed by atoms with van der Waals surface area (Å²) in [5.74, 6) is 3.54. The van der Waals surface area contributed by atoms with Gasteiger partial charge in [-0.25, -0.2) is 14.6 Å². The van der Waals surface area contributed by atoms with Crippen LogP contribution < -0.4 is 5.32 Å². The first kappa shape index (κ1) is 14.6. The summed E-state index contributed by atoms with van der Waals surface area (Å²) in [5.41, 5.74) is 2.02. The summed E-state index contributed by atoms with van der Waals surface area (Å²) in [7, 11) is 0. The number of nitrogens with zero attached hydrogens (tertiary/aromatic N) is 4. The molecule has 1 aliphatic heterocycles. The standard InChI is InChI=1S/C16H19N5OS/c1-10-14(19-16(22-10)12-5-6-23-9-12)7-17-13-3-4-15-18-11(2)20-21(15)8-13/h5-6,9,13,17H,3-4,7-8H2,1-2H3/t13-/m0/s1. The van der Waals surface area contributed by atoms with Crippen LogP contribution in [0.15, 0.2) is 21.2 Å². The summed E-state index contributed by atoms with van der Waals surface area (Å²) in [6.07, 6.45) is 2.04. The molecule has 0 saturated carbocycles. The fourth-order valence-corrected chi connectivity index (χ4v) is 3.57. The monoisotopic (exact) mass is 329 g/mol. The Balaban J connectivity index is 1.42. The second-order valence-corrected chi connectivity index (χ2v) is 6.69. The number of aromatic nitrogens is 4. The van der Waals surface area contributed by atoms with E-state index in [-0.39, 0.29) is 0 Å². The molecule has 23 heavy (non-hydrogen) atoms. The van der Waals surface area contributed by atoms with Gasteiger partial charge < -0.3 is 9.73 Å². The van der Waals surface area contributed by atoms with E-state index in [0.29, 0.717) is 18.5 Å². The molecule has 3 aromatic rings. The number of hydrogen-bond donors (Lipinski definition) is 1. The minimum Gasteiger partial charge on any atom is -0.441 e. The highest BCUT2D eigenvalue weighted by Gasteiger charge is 2.21. The van der Waals surface area contributed by atoms with Crippen molar-refractivity contribution in [2.45, 2.75) is 45.8 Å². The van der Waals surface area contributed by atoms with Crippen molar-refractivity contribution < 1.29 is 4.42 Å². The van der Waals surface area contributed by atoms with Gasteiger partial charge in [0.25, 0.3) is 0 Å². The van der Waals surface area contributed by atoms with Crippen LogP contribution in [0.2, 0.25) is 0 Å². The molecule has 120 valence electrons. The predicted molar refractivity (Wildman–Crippen MR) is 88.3 cm³/mol. The molecule has 4 rings (SSSR count). The lowest BCUT2D eigenvalue weighted by Crippen LogP contribution is -2.37. The summed E-state index contributed by atoms with van der Waals surface area (Å²) < 4.78 is 7.80. The Morgan fingerprint density at radius 1 is 1.39 bits per heavy atom. The minimum absolute atomic E-state index is 0.393. The molecule has 1 atom stereocenters. The normalized spacial score (nSPS) is 17.4. The maximum absolute atomic E-state index is 5.79. The van der Waals surface area contributed by atoms with Crippen LogP contribution in [-0.4, -0.2) is 25.8 Å². The van der Waals surface area contributed by atoms with E-state index in [1.807, 2.05) is 30.0 Å². The first-order valence-electron chi connectivity index (χ1n) is 7.81. The van der Waals surface area contributed by atoms with E-state index in [4.69, 9.17) is 4.42 Å². The summed E-state index contributed by atoms with van der Waals surface area (Å²) in [5, 5.41) is 12.1. The predicted octanol–water partition coefficient (Wildman–Crippen LogP) is 2.72. The number of rotatable bonds is 4. The molecule has 0 spiro atoms. The Labute approximate surface area is 138 Å². The van der Waals surface area contributed by atoms with Gasteiger partial charge in [-0.2, -0.15) is 16.4 Å². The Morgan fingerprint density at radius 2 is 2.30 bits per heavy atom. The molecule has 0 aromatic carbocycles. The molecule has 0 radical (unpaired) electrons. The van der Waals surface area contributed by atoms with Crippen molar-refractivity contribution in [1.29, 1.82) is 0 Å². The van der Waals surface area contributed by atoms with Crippen LogP contribution in [0.4, 0.5) is 0 Å². The van der Waals surface area contributed by atoms with Crippen LogP contribution in [-0.2, 0) is 19.5 Å². The summed E-state index contributed by atoms with van der Waals surface area (Å²) in [6.45, 7) is 5.50. The number of thiophene rings is 1. The Morgan fingerprint density at radius 3 is 3.13 bits per heavy atom. The SMILES string of the molecule is Cc1nc2n(n1)C[C@@H](NCc1nc(-c3ccsc3)oc1C)CC2. The quantitative estimate of drug-likeness (QED) is 0.797. The average molecular weight is 329 g/mol. The van der Waals surface area contributed by atoms with Gasteiger partial charge in [-0.3, -0.25) is 0 Å². The molecule has 0 saturated heterocycles. The molecule has 4 heterocycles. The zero-order chi connectivity index (χ0) is 15.8. The highest BCUT2D eigenvalue weighted by atomic mass is 32.1. The lowest BCUT2D eigenvalue weighted by molar-refractivity contribution is 0.356. The van der Waals surface area contributed by atoms with Gasteiger partial charge >= 0.3 is 0 Å². The topological polar surface area (TPSA) is 68.8 Å². The fraction of sp³-hybridized carbons (Fsp3) is 0.438. The molecule has 1 aliphatic rings. The summed E-state index contributed by atoms with van der Waals surface area (Å²) in [6, 6.07) is 2.42. The van der Waals surface area contributed by atoms with E-state index in [1.165, 1.54) is 0 Å². The largest absolute Gasteiger partial charge is 0.441 e. The van der Waals surface area contributed by atoms with Crippen LogP contribution in [0.5, 0.6) is 0 Å². The smallest absolute Gasteiger partial charge is 0.227 e. The Hall–Kier alpha value is -1.99. The van der Waals surface area contributed by atoms with Gasteiger partial charge in [0.2, 0.25) is 5.89 Å². The zero-order valence-corrected chi connectivity index (χ0v) is 14.1. The van der Waals surface area contributed by atoms with Gasteiger partial charge in [-0.15, -0.1) is 0 Å². The highest BCUT2D eigenvalue weighted by Crippen LogP contribution is 2.24. The molecular formula is C16H19N5OS. The van der Waals surface area contributed by atoms with Crippen molar-refractivity contribution >= 4 is 11.3 Å². The second kappa shape index (κ2) is 5.90. The van der Waals surface area contributed by atoms with Crippen LogP contribution in [0.1, 0.15) is 29.5 Å². The third kappa shape index (κ3) is 2.94. The van der Waals surface area contributed by atoms with E-state index in [0.717, 1.165) is 48.1 Å². The van der Waals surface area contributed by atoms with Crippen molar-refractivity contribution in [3.8, 4) is 11.5 Å². The van der Waals surface area contributed by atoms with E-state index in [2.05, 4.69) is 25.8 Å². The number of hydrogen-bond acceptors (Lipinski definition) is 6. The van der Waals surface area contributed by atoms with Gasteiger partial charge in [-0.1, -0.05) is 0 Å². The molecule has 0 amide bonds. The molecule has 7 heteroatoms. The van der Waals surface area contributed by atoms with Crippen LogP contribution in [0.25, 0.3) is 11.5 Å². The van der Waals surface area contributed by atoms with E-state index in [9.17, 15) is 0 Å². The van der Waals surface area contributed by atoms with Crippen molar-refractivity contribution in [2.24, 2.45) is 0 Å². The van der Waals surface area contributed by atoms with Crippen molar-refractivity contribution in [1.82, 2.24) is 25.1 Å². The van der Waals surface area contributed by atoms with Gasteiger partial charge in [-0.05, 0) is 31.7 Å². The number of fused-ring (bicyclic) bond motifs is 1. The molecular weight excluding hydrogens is 310 g/mol. The van der Waals surface area contributed by atoms with Crippen molar-refractivity contribution in [3.63, 3.8) is 0 Å². The minimum atomic E-state index is 0.393. The fourth-order valence-electron chi connectivity index (χ4n) is 2.94. The van der Waals surface area contributed by atoms with Gasteiger partial charge in [0.1, 0.15) is 17.4 Å². The number of nitrogens with one attached hydrogen (secondary N) is 1. The Bertz CT molecular complexity index is 805. The zero-order valence-electron chi connectivity index (χ0n) is 13.2. The first-order valence-corrected chi connectivity index (χ1v) is 8.76. The third-order valence-electron chi connectivity index (χ3n) is 4.18. The van der Waals surface area contributed by atoms with Crippen LogP contribution in [0, 0.1) is 13.8 Å². The van der Waals surface area contributed by atoms with E-state index < -0.39 is 0 Å². The second-order valence-electron chi connectivity index (χ2n) is 5.91. The third-order valence-corrected chi connectivity index (χ3v) is 4.87. The van der Waals surface area contributed by atoms with Crippen molar-refractivity contribution in [2.75, 3.05) is 0 Å². The molecule has 1 N–H and O–H groups in total. The molecule has 6 nitrogen and oxygen atoms in total. The molecule has 3 aromatic heterocycles. The lowest BCUT2D eigenvalue weighted by Gasteiger charge is -2.23. The Kier molecular flexibility index (Phi) is 3.74. The van der Waals surface area contributed by atoms with Crippen LogP contribution >= 0.6 is 11.3 Å². The number of oxazole rings is 1. The molecule has 0 unspecified atom stereocenters. The molecule has 0 aliphatic carbocycles. The van der Waals surface area contributed by atoms with E-state index >= 15 is 0 Å². The maximum Gasteiger partial charge on any atom is 0.227 e. The van der Waals surface area contributed by atoms with Gasteiger partial charge in [0, 0.05) is 30.0 Å².